The van der Waals surface area contributed by atoms with Crippen molar-refractivity contribution < 1.29 is 23.6 Å². The Kier molecular flexibility index (Phi) is 8.05. The lowest BCUT2D eigenvalue weighted by molar-refractivity contribution is -0.199. The highest BCUT2D eigenvalue weighted by Crippen LogP contribution is 2.65. The summed E-state index contributed by atoms with van der Waals surface area (Å²) < 4.78 is 18.5. The third-order valence-corrected chi connectivity index (χ3v) is 8.75. The molecule has 1 aromatic rings. The standard InChI is InChI=1S/C28H43BN2O5/c1-7-11-21(30-26(33)34-17-19-12-9-8-10-13-19)25(32)31-24(14-18(2)3)29-35-23-16-20-15-22(27(20,4)5)28(23,6)36-29/h8-10,12-13,18,20-24H,7,11,14-17H2,1-6H3,(H,30,33)(H,31,32)/t20-,21-,22-,23+,24-,28-/m0/s1. The number of carbonyl (C=O) groups excluding carboxylic acids is 2. The van der Waals surface area contributed by atoms with Crippen LogP contribution in [0.1, 0.15) is 79.2 Å². The highest BCUT2D eigenvalue weighted by atomic mass is 16.7. The first-order chi connectivity index (χ1) is 17.0. The summed E-state index contributed by atoms with van der Waals surface area (Å²) in [5.41, 5.74) is 0.828. The number of alkyl carbamates (subject to hydrolysis) is 1. The average molecular weight is 498 g/mol. The van der Waals surface area contributed by atoms with Crippen LogP contribution in [0.5, 0.6) is 0 Å². The number of amides is 2. The van der Waals surface area contributed by atoms with Crippen LogP contribution in [0.3, 0.4) is 0 Å². The van der Waals surface area contributed by atoms with Crippen LogP contribution < -0.4 is 10.6 Å². The number of nitrogens with one attached hydrogen (secondary N) is 2. The van der Waals surface area contributed by atoms with E-state index in [1.54, 1.807) is 0 Å². The van der Waals surface area contributed by atoms with Gasteiger partial charge in [0.2, 0.25) is 5.91 Å². The molecule has 2 N–H and O–H groups in total. The fraction of sp³-hybridized carbons (Fsp3) is 0.714. The van der Waals surface area contributed by atoms with Crippen molar-refractivity contribution in [1.82, 2.24) is 10.6 Å². The van der Waals surface area contributed by atoms with Crippen molar-refractivity contribution in [1.29, 1.82) is 0 Å². The van der Waals surface area contributed by atoms with Gasteiger partial charge >= 0.3 is 13.2 Å². The Balaban J connectivity index is 1.39. The van der Waals surface area contributed by atoms with E-state index in [9.17, 15) is 9.59 Å². The number of rotatable bonds is 10. The minimum absolute atomic E-state index is 0.0587. The molecule has 3 aliphatic carbocycles. The SMILES string of the molecule is CCC[C@H](NC(=O)OCc1ccccc1)C(=O)N[C@@H](CC(C)C)B1O[C@@H]2C[C@@H]3C[C@@H](C3(C)C)[C@]2(C)O1. The normalized spacial score (nSPS) is 29.6. The molecule has 5 rings (SSSR count). The molecule has 1 heterocycles. The van der Waals surface area contributed by atoms with Gasteiger partial charge in [-0.05, 0) is 61.3 Å². The van der Waals surface area contributed by atoms with E-state index in [0.717, 1.165) is 24.8 Å². The van der Waals surface area contributed by atoms with Crippen molar-refractivity contribution in [2.24, 2.45) is 23.2 Å². The van der Waals surface area contributed by atoms with Gasteiger partial charge in [0.25, 0.3) is 0 Å². The van der Waals surface area contributed by atoms with E-state index < -0.39 is 19.3 Å². The van der Waals surface area contributed by atoms with E-state index in [1.807, 2.05) is 37.3 Å². The number of ether oxygens (including phenoxy) is 1. The van der Waals surface area contributed by atoms with Gasteiger partial charge in [0.05, 0.1) is 17.6 Å². The number of benzene rings is 1. The molecule has 1 aliphatic heterocycles. The molecule has 1 saturated heterocycles. The van der Waals surface area contributed by atoms with Gasteiger partial charge < -0.3 is 24.7 Å². The maximum Gasteiger partial charge on any atom is 0.481 e. The third-order valence-electron chi connectivity index (χ3n) is 8.75. The van der Waals surface area contributed by atoms with E-state index >= 15 is 0 Å². The van der Waals surface area contributed by atoms with E-state index in [4.69, 9.17) is 14.0 Å². The van der Waals surface area contributed by atoms with E-state index in [2.05, 4.69) is 45.3 Å². The van der Waals surface area contributed by atoms with E-state index in [0.29, 0.717) is 24.2 Å². The molecule has 198 valence electrons. The van der Waals surface area contributed by atoms with E-state index in [1.165, 1.54) is 6.42 Å². The van der Waals surface area contributed by atoms with Crippen LogP contribution >= 0.6 is 0 Å². The highest BCUT2D eigenvalue weighted by Gasteiger charge is 2.68. The summed E-state index contributed by atoms with van der Waals surface area (Å²) in [6, 6.07) is 8.81. The second-order valence-electron chi connectivity index (χ2n) is 12.1. The Morgan fingerprint density at radius 2 is 1.86 bits per heavy atom. The molecule has 2 bridgehead atoms. The van der Waals surface area contributed by atoms with Crippen molar-refractivity contribution in [2.75, 3.05) is 0 Å². The zero-order chi connectivity index (χ0) is 26.1. The topological polar surface area (TPSA) is 85.9 Å². The second kappa shape index (κ2) is 10.7. The average Bonchev–Trinajstić information content (AvgIpc) is 3.19. The minimum atomic E-state index is -0.682. The molecule has 6 atom stereocenters. The summed E-state index contributed by atoms with van der Waals surface area (Å²) in [5, 5.41) is 5.94. The van der Waals surface area contributed by atoms with Crippen molar-refractivity contribution in [2.45, 2.75) is 104 Å². The lowest BCUT2D eigenvalue weighted by atomic mass is 9.43. The largest absolute Gasteiger partial charge is 0.481 e. The van der Waals surface area contributed by atoms with Crippen molar-refractivity contribution in [3.05, 3.63) is 35.9 Å². The van der Waals surface area contributed by atoms with Gasteiger partial charge in [-0.3, -0.25) is 4.79 Å². The van der Waals surface area contributed by atoms with Gasteiger partial charge in [-0.1, -0.05) is 71.4 Å². The fourth-order valence-corrected chi connectivity index (χ4v) is 6.56. The van der Waals surface area contributed by atoms with Crippen LogP contribution in [0, 0.1) is 23.2 Å². The molecular formula is C28H43BN2O5. The van der Waals surface area contributed by atoms with E-state index in [-0.39, 0.29) is 35.6 Å². The van der Waals surface area contributed by atoms with Crippen LogP contribution in [0.2, 0.25) is 0 Å². The Labute approximate surface area is 216 Å². The zero-order valence-electron chi connectivity index (χ0n) is 22.7. The maximum atomic E-state index is 13.4. The van der Waals surface area contributed by atoms with Crippen LogP contribution in [0.4, 0.5) is 4.79 Å². The maximum absolute atomic E-state index is 13.4. The summed E-state index contributed by atoms with van der Waals surface area (Å²) in [7, 11) is -0.492. The van der Waals surface area contributed by atoms with Crippen LogP contribution in [-0.4, -0.2) is 42.8 Å². The smallest absolute Gasteiger partial charge is 0.445 e. The molecule has 0 aromatic heterocycles. The molecule has 36 heavy (non-hydrogen) atoms. The quantitative estimate of drug-likeness (QED) is 0.449. The first kappa shape index (κ1) is 27.0. The van der Waals surface area contributed by atoms with Gasteiger partial charge in [-0.2, -0.15) is 0 Å². The summed E-state index contributed by atoms with van der Waals surface area (Å²) in [4.78, 5) is 25.8. The number of hydrogen-bond acceptors (Lipinski definition) is 5. The molecule has 0 unspecified atom stereocenters. The highest BCUT2D eigenvalue weighted by molar-refractivity contribution is 6.47. The minimum Gasteiger partial charge on any atom is -0.445 e. The van der Waals surface area contributed by atoms with Crippen molar-refractivity contribution >= 4 is 19.1 Å². The first-order valence-corrected chi connectivity index (χ1v) is 13.7. The zero-order valence-corrected chi connectivity index (χ0v) is 22.7. The molecule has 4 fully saturated rings. The third kappa shape index (κ3) is 5.45. The molecule has 2 amide bonds. The second-order valence-corrected chi connectivity index (χ2v) is 12.1. The monoisotopic (exact) mass is 498 g/mol. The summed E-state index contributed by atoms with van der Waals surface area (Å²) >= 11 is 0. The molecule has 4 aliphatic rings. The van der Waals surface area contributed by atoms with Crippen molar-refractivity contribution in [3.63, 3.8) is 0 Å². The predicted octanol–water partition coefficient (Wildman–Crippen LogP) is 4.88. The Hall–Kier alpha value is -2.06. The van der Waals surface area contributed by atoms with Crippen LogP contribution in [-0.2, 0) is 25.4 Å². The molecule has 8 heteroatoms. The van der Waals surface area contributed by atoms with Gasteiger partial charge in [-0.25, -0.2) is 4.79 Å². The lowest BCUT2D eigenvalue weighted by Gasteiger charge is -2.64. The van der Waals surface area contributed by atoms with Gasteiger partial charge in [0.1, 0.15) is 12.6 Å². The van der Waals surface area contributed by atoms with Crippen molar-refractivity contribution in [3.8, 4) is 0 Å². The number of hydrogen-bond donors (Lipinski definition) is 2. The molecule has 7 nitrogen and oxygen atoms in total. The molecule has 0 radical (unpaired) electrons. The van der Waals surface area contributed by atoms with Crippen LogP contribution in [0.25, 0.3) is 0 Å². The molecule has 0 spiro atoms. The van der Waals surface area contributed by atoms with Crippen LogP contribution in [0.15, 0.2) is 30.3 Å². The summed E-state index contributed by atoms with van der Waals surface area (Å²) in [6.45, 7) is 13.3. The molecular weight excluding hydrogens is 455 g/mol. The van der Waals surface area contributed by atoms with Gasteiger partial charge in [-0.15, -0.1) is 0 Å². The number of carbonyl (C=O) groups is 2. The Bertz CT molecular complexity index is 926. The summed E-state index contributed by atoms with van der Waals surface area (Å²) in [5.74, 6) is 0.957. The van der Waals surface area contributed by atoms with Gasteiger partial charge in [0.15, 0.2) is 0 Å². The van der Waals surface area contributed by atoms with Gasteiger partial charge in [0, 0.05) is 0 Å². The Morgan fingerprint density at radius 1 is 1.14 bits per heavy atom. The first-order valence-electron chi connectivity index (χ1n) is 13.7. The molecule has 1 aromatic carbocycles. The summed E-state index contributed by atoms with van der Waals surface area (Å²) in [6.07, 6.45) is 3.65. The lowest BCUT2D eigenvalue weighted by Crippen LogP contribution is -2.65. The predicted molar refractivity (Wildman–Crippen MR) is 140 cm³/mol. The Morgan fingerprint density at radius 3 is 2.50 bits per heavy atom. The fourth-order valence-electron chi connectivity index (χ4n) is 6.56. The molecule has 3 saturated carbocycles.